The molecule has 2 aromatic carbocycles. The number of carbonyl (C=O) groups excluding carboxylic acids is 3. The van der Waals surface area contributed by atoms with Gasteiger partial charge in [0.1, 0.15) is 10.7 Å². The van der Waals surface area contributed by atoms with Crippen LogP contribution in [0.3, 0.4) is 0 Å². The lowest BCUT2D eigenvalue weighted by Gasteiger charge is -2.15. The minimum atomic E-state index is -0.603. The van der Waals surface area contributed by atoms with Crippen molar-refractivity contribution >= 4 is 40.8 Å². The minimum Gasteiger partial charge on any atom is -0.465 e. The summed E-state index contributed by atoms with van der Waals surface area (Å²) in [5.41, 5.74) is 2.06. The van der Waals surface area contributed by atoms with Crippen LogP contribution in [0, 0.1) is 6.92 Å². The molecule has 0 aromatic heterocycles. The number of methoxy groups -OCH3 is 1. The van der Waals surface area contributed by atoms with Crippen molar-refractivity contribution in [2.45, 2.75) is 6.92 Å². The summed E-state index contributed by atoms with van der Waals surface area (Å²) in [5, 5.41) is 2.62. The molecule has 1 N–H and O–H groups in total. The van der Waals surface area contributed by atoms with Gasteiger partial charge in [0.15, 0.2) is 0 Å². The number of nitrogens with zero attached hydrogens (tertiary/aromatic N) is 1. The van der Waals surface area contributed by atoms with Gasteiger partial charge >= 0.3 is 5.97 Å². The number of benzene rings is 2. The second kappa shape index (κ2) is 7.01. The van der Waals surface area contributed by atoms with E-state index in [0.717, 1.165) is 10.5 Å². The van der Waals surface area contributed by atoms with Crippen LogP contribution in [0.15, 0.2) is 59.3 Å². The van der Waals surface area contributed by atoms with Crippen molar-refractivity contribution in [3.8, 4) is 0 Å². The number of ether oxygens (including phenoxy) is 1. The third-order valence-electron chi connectivity index (χ3n) is 3.84. The topological polar surface area (TPSA) is 75.7 Å². The maximum absolute atomic E-state index is 12.7. The van der Waals surface area contributed by atoms with Gasteiger partial charge in [-0.05, 0) is 42.8 Å². The second-order valence-electron chi connectivity index (χ2n) is 5.67. The van der Waals surface area contributed by atoms with Gasteiger partial charge in [-0.15, -0.1) is 0 Å². The molecule has 0 atom stereocenters. The van der Waals surface area contributed by atoms with Crippen LogP contribution in [-0.4, -0.2) is 24.9 Å². The minimum absolute atomic E-state index is 0.0415. The van der Waals surface area contributed by atoms with Gasteiger partial charge < -0.3 is 10.1 Å². The predicted octanol–water partition coefficient (Wildman–Crippen LogP) is 3.22. The lowest BCUT2D eigenvalue weighted by atomic mass is 10.2. The van der Waals surface area contributed by atoms with Crippen molar-refractivity contribution in [3.05, 3.63) is 70.4 Å². The van der Waals surface area contributed by atoms with E-state index in [2.05, 4.69) is 10.1 Å². The number of rotatable bonds is 4. The molecule has 0 saturated heterocycles. The van der Waals surface area contributed by atoms with Gasteiger partial charge in [0.2, 0.25) is 0 Å². The first-order valence-corrected chi connectivity index (χ1v) is 8.11. The van der Waals surface area contributed by atoms with Crippen LogP contribution in [0.2, 0.25) is 0 Å². The Balaban J connectivity index is 1.90. The van der Waals surface area contributed by atoms with Crippen LogP contribution < -0.4 is 10.2 Å². The molecule has 0 saturated carbocycles. The van der Waals surface area contributed by atoms with E-state index in [4.69, 9.17) is 11.6 Å². The third-order valence-corrected chi connectivity index (χ3v) is 4.19. The van der Waals surface area contributed by atoms with Crippen LogP contribution in [-0.2, 0) is 14.3 Å². The fraction of sp³-hybridized carbons (Fsp3) is 0.105. The lowest BCUT2D eigenvalue weighted by Crippen LogP contribution is -2.32. The summed E-state index contributed by atoms with van der Waals surface area (Å²) in [6.45, 7) is 1.86. The monoisotopic (exact) mass is 370 g/mol. The Kier molecular flexibility index (Phi) is 4.77. The highest BCUT2D eigenvalue weighted by atomic mass is 35.5. The van der Waals surface area contributed by atoms with Crippen LogP contribution in [0.1, 0.15) is 15.9 Å². The number of hydrogen-bond acceptors (Lipinski definition) is 5. The summed E-state index contributed by atoms with van der Waals surface area (Å²) in [4.78, 5) is 37.8. The zero-order valence-electron chi connectivity index (χ0n) is 14.1. The number of carbonyl (C=O) groups is 3. The van der Waals surface area contributed by atoms with Gasteiger partial charge in [-0.25, -0.2) is 9.69 Å². The molecule has 6 nitrogen and oxygen atoms in total. The maximum Gasteiger partial charge on any atom is 0.337 e. The molecule has 1 aliphatic rings. The summed E-state index contributed by atoms with van der Waals surface area (Å²) < 4.78 is 4.67. The standard InChI is InChI=1S/C19H15ClN2O4/c1-11-5-3-8-14(9-11)22-17(23)15(20)16(18(22)24)21-13-7-4-6-12(10-13)19(25)26-2/h3-10,21H,1-2H3. The Morgan fingerprint density at radius 2 is 1.81 bits per heavy atom. The summed E-state index contributed by atoms with van der Waals surface area (Å²) in [6, 6.07) is 13.4. The van der Waals surface area contributed by atoms with E-state index in [0.29, 0.717) is 16.9 Å². The fourth-order valence-electron chi connectivity index (χ4n) is 2.60. The van der Waals surface area contributed by atoms with Gasteiger partial charge in [-0.3, -0.25) is 9.59 Å². The number of nitrogens with one attached hydrogen (secondary N) is 1. The molecular weight excluding hydrogens is 356 g/mol. The number of amides is 2. The van der Waals surface area contributed by atoms with Crippen molar-refractivity contribution in [2.24, 2.45) is 0 Å². The molecule has 1 aliphatic heterocycles. The highest BCUT2D eigenvalue weighted by Crippen LogP contribution is 2.30. The Hall–Kier alpha value is -3.12. The Morgan fingerprint density at radius 3 is 2.50 bits per heavy atom. The molecule has 7 heteroatoms. The van der Waals surface area contributed by atoms with E-state index in [1.54, 1.807) is 36.4 Å². The lowest BCUT2D eigenvalue weighted by molar-refractivity contribution is -0.120. The van der Waals surface area contributed by atoms with E-state index >= 15 is 0 Å². The van der Waals surface area contributed by atoms with Crippen LogP contribution in [0.25, 0.3) is 0 Å². The number of hydrogen-bond donors (Lipinski definition) is 1. The highest BCUT2D eigenvalue weighted by molar-refractivity contribution is 6.53. The Morgan fingerprint density at radius 1 is 1.08 bits per heavy atom. The molecule has 1 heterocycles. The summed E-state index contributed by atoms with van der Waals surface area (Å²) >= 11 is 6.10. The number of imide groups is 1. The molecule has 26 heavy (non-hydrogen) atoms. The van der Waals surface area contributed by atoms with Crippen LogP contribution >= 0.6 is 11.6 Å². The first-order chi connectivity index (χ1) is 12.4. The number of esters is 1. The Labute approximate surface area is 155 Å². The molecule has 0 aliphatic carbocycles. The van der Waals surface area contributed by atoms with Gasteiger partial charge in [0, 0.05) is 5.69 Å². The van der Waals surface area contributed by atoms with Crippen molar-refractivity contribution in [1.82, 2.24) is 0 Å². The average Bonchev–Trinajstić information content (AvgIpc) is 2.84. The number of aryl methyl sites for hydroxylation is 1. The quantitative estimate of drug-likeness (QED) is 0.660. The molecule has 0 radical (unpaired) electrons. The second-order valence-corrected chi connectivity index (χ2v) is 6.05. The van der Waals surface area contributed by atoms with Crippen molar-refractivity contribution in [2.75, 3.05) is 17.3 Å². The first-order valence-electron chi connectivity index (χ1n) is 7.73. The highest BCUT2D eigenvalue weighted by Gasteiger charge is 2.39. The largest absolute Gasteiger partial charge is 0.465 e. The van der Waals surface area contributed by atoms with Gasteiger partial charge in [0.05, 0.1) is 18.4 Å². The molecule has 0 unspecified atom stereocenters. The van der Waals surface area contributed by atoms with Crippen LogP contribution in [0.5, 0.6) is 0 Å². The first kappa shape index (κ1) is 17.7. The van der Waals surface area contributed by atoms with Gasteiger partial charge in [-0.2, -0.15) is 0 Å². The van der Waals surface area contributed by atoms with E-state index < -0.39 is 17.8 Å². The zero-order valence-corrected chi connectivity index (χ0v) is 14.8. The normalized spacial score (nSPS) is 14.0. The average molecular weight is 371 g/mol. The number of anilines is 2. The predicted molar refractivity (Wildman–Crippen MR) is 98.0 cm³/mol. The molecule has 0 spiro atoms. The maximum atomic E-state index is 12.7. The molecule has 0 fully saturated rings. The van der Waals surface area contributed by atoms with E-state index in [1.807, 2.05) is 13.0 Å². The molecule has 0 bridgehead atoms. The SMILES string of the molecule is COC(=O)c1cccc(NC2=C(Cl)C(=O)N(c3cccc(C)c3)C2=O)c1. The van der Waals surface area contributed by atoms with Crippen molar-refractivity contribution < 1.29 is 19.1 Å². The van der Waals surface area contributed by atoms with Crippen molar-refractivity contribution in [3.63, 3.8) is 0 Å². The van der Waals surface area contributed by atoms with Crippen LogP contribution in [0.4, 0.5) is 11.4 Å². The molecule has 2 amide bonds. The van der Waals surface area contributed by atoms with Crippen molar-refractivity contribution in [1.29, 1.82) is 0 Å². The van der Waals surface area contributed by atoms with Gasteiger partial charge in [0.25, 0.3) is 11.8 Å². The summed E-state index contributed by atoms with van der Waals surface area (Å²) in [7, 11) is 1.28. The van der Waals surface area contributed by atoms with Gasteiger partial charge in [-0.1, -0.05) is 29.8 Å². The summed E-state index contributed by atoms with van der Waals surface area (Å²) in [6.07, 6.45) is 0. The smallest absolute Gasteiger partial charge is 0.337 e. The van der Waals surface area contributed by atoms with E-state index in [-0.39, 0.29) is 10.7 Å². The molecular formula is C19H15ClN2O4. The zero-order chi connectivity index (χ0) is 18.8. The Bertz CT molecular complexity index is 952. The molecule has 132 valence electrons. The summed E-state index contributed by atoms with van der Waals surface area (Å²) in [5.74, 6) is -1.67. The number of halogens is 1. The van der Waals surface area contributed by atoms with E-state index in [1.165, 1.54) is 13.2 Å². The molecule has 2 aromatic rings. The molecule has 3 rings (SSSR count). The third kappa shape index (κ3) is 3.19. The fourth-order valence-corrected chi connectivity index (χ4v) is 2.81. The van der Waals surface area contributed by atoms with E-state index in [9.17, 15) is 14.4 Å².